The van der Waals surface area contributed by atoms with Crippen molar-refractivity contribution in [3.8, 4) is 11.6 Å². The minimum atomic E-state index is -4.47. The molecule has 0 N–H and O–H groups in total. The summed E-state index contributed by atoms with van der Waals surface area (Å²) in [6.07, 6.45) is -3.34. The van der Waals surface area contributed by atoms with Crippen LogP contribution < -0.4 is 9.47 Å². The Balaban J connectivity index is 1.54. The molecule has 31 heavy (non-hydrogen) atoms. The molecule has 0 bridgehead atoms. The number of carbonyl (C=O) groups is 1. The zero-order valence-corrected chi connectivity index (χ0v) is 16.9. The number of nitrogens with zero attached hydrogens (tertiary/aromatic N) is 2. The van der Waals surface area contributed by atoms with E-state index >= 15 is 0 Å². The highest BCUT2D eigenvalue weighted by atomic mass is 19.4. The lowest BCUT2D eigenvalue weighted by atomic mass is 10.0. The molecule has 1 aliphatic heterocycles. The van der Waals surface area contributed by atoms with Crippen molar-refractivity contribution in [2.45, 2.75) is 25.6 Å². The molecule has 1 aromatic heterocycles. The lowest BCUT2D eigenvalue weighted by Gasteiger charge is -2.20. The number of pyridine rings is 1. The number of rotatable bonds is 5. The molecular weight excluding hydrogens is 409 g/mol. The molecule has 2 aromatic carbocycles. The van der Waals surface area contributed by atoms with E-state index in [1.807, 2.05) is 37.3 Å². The Kier molecular flexibility index (Phi) is 5.71. The SMILES string of the molecule is CCOc1ccc2ccccc2c1C(=O)N1CCC(Oc2cc(C(F)(F)F)ccn2)C1. The standard InChI is InChI=1S/C23H21F3N2O3/c1-2-30-19-8-7-15-5-3-4-6-18(15)21(19)22(29)28-12-10-17(14-28)31-20-13-16(9-11-27-20)23(24,25)26/h3-9,11,13,17H,2,10,12,14H2,1H3. The first-order valence-electron chi connectivity index (χ1n) is 10.0. The largest absolute Gasteiger partial charge is 0.493 e. The normalized spacial score (nSPS) is 16.5. The molecule has 0 saturated carbocycles. The second kappa shape index (κ2) is 8.45. The monoisotopic (exact) mass is 430 g/mol. The van der Waals surface area contributed by atoms with E-state index in [-0.39, 0.29) is 18.3 Å². The van der Waals surface area contributed by atoms with Crippen LogP contribution >= 0.6 is 0 Å². The van der Waals surface area contributed by atoms with Gasteiger partial charge in [0.15, 0.2) is 0 Å². The van der Waals surface area contributed by atoms with E-state index < -0.39 is 17.8 Å². The minimum absolute atomic E-state index is 0.103. The molecule has 162 valence electrons. The van der Waals surface area contributed by atoms with Gasteiger partial charge in [0.2, 0.25) is 5.88 Å². The van der Waals surface area contributed by atoms with E-state index in [1.54, 1.807) is 11.0 Å². The third-order valence-electron chi connectivity index (χ3n) is 5.19. The fourth-order valence-electron chi connectivity index (χ4n) is 3.74. The first-order chi connectivity index (χ1) is 14.9. The molecule has 0 aliphatic carbocycles. The average Bonchev–Trinajstić information content (AvgIpc) is 3.21. The van der Waals surface area contributed by atoms with E-state index in [4.69, 9.17) is 9.47 Å². The maximum Gasteiger partial charge on any atom is 0.416 e. The maximum absolute atomic E-state index is 13.4. The minimum Gasteiger partial charge on any atom is -0.493 e. The molecule has 1 saturated heterocycles. The number of likely N-dealkylation sites (tertiary alicyclic amines) is 1. The molecule has 0 radical (unpaired) electrons. The van der Waals surface area contributed by atoms with Crippen LogP contribution in [0.3, 0.4) is 0 Å². The highest BCUT2D eigenvalue weighted by Gasteiger charge is 2.33. The predicted octanol–water partition coefficient (Wildman–Crippen LogP) is 4.95. The number of aromatic nitrogens is 1. The quantitative estimate of drug-likeness (QED) is 0.575. The zero-order chi connectivity index (χ0) is 22.0. The molecule has 1 atom stereocenters. The first-order valence-corrected chi connectivity index (χ1v) is 10.0. The van der Waals surface area contributed by atoms with Crippen molar-refractivity contribution in [2.75, 3.05) is 19.7 Å². The van der Waals surface area contributed by atoms with E-state index in [0.29, 0.717) is 30.9 Å². The molecule has 8 heteroatoms. The van der Waals surface area contributed by atoms with E-state index in [2.05, 4.69) is 4.98 Å². The highest BCUT2D eigenvalue weighted by molar-refractivity contribution is 6.09. The van der Waals surface area contributed by atoms with Crippen molar-refractivity contribution in [2.24, 2.45) is 0 Å². The molecule has 1 unspecified atom stereocenters. The van der Waals surface area contributed by atoms with Crippen molar-refractivity contribution >= 4 is 16.7 Å². The highest BCUT2D eigenvalue weighted by Crippen LogP contribution is 2.32. The second-order valence-corrected chi connectivity index (χ2v) is 7.25. The number of alkyl halides is 3. The summed E-state index contributed by atoms with van der Waals surface area (Å²) in [7, 11) is 0. The second-order valence-electron chi connectivity index (χ2n) is 7.25. The summed E-state index contributed by atoms with van der Waals surface area (Å²) in [6.45, 7) is 2.96. The zero-order valence-electron chi connectivity index (χ0n) is 16.9. The molecule has 2 heterocycles. The van der Waals surface area contributed by atoms with Gasteiger partial charge in [0.05, 0.1) is 24.3 Å². The van der Waals surface area contributed by atoms with Gasteiger partial charge in [-0.3, -0.25) is 4.79 Å². The van der Waals surface area contributed by atoms with E-state index in [1.165, 1.54) is 0 Å². The summed E-state index contributed by atoms with van der Waals surface area (Å²) in [5.74, 6) is 0.216. The van der Waals surface area contributed by atoms with Gasteiger partial charge < -0.3 is 14.4 Å². The lowest BCUT2D eigenvalue weighted by molar-refractivity contribution is -0.137. The molecule has 1 aliphatic rings. The molecule has 5 nitrogen and oxygen atoms in total. The van der Waals surface area contributed by atoms with Gasteiger partial charge in [0.25, 0.3) is 5.91 Å². The molecule has 3 aromatic rings. The summed E-state index contributed by atoms with van der Waals surface area (Å²) in [4.78, 5) is 18.9. The summed E-state index contributed by atoms with van der Waals surface area (Å²) in [5.41, 5.74) is -0.335. The van der Waals surface area contributed by atoms with Crippen LogP contribution in [-0.4, -0.2) is 41.6 Å². The van der Waals surface area contributed by atoms with E-state index in [9.17, 15) is 18.0 Å². The van der Waals surface area contributed by atoms with Crippen LogP contribution in [0.1, 0.15) is 29.3 Å². The summed E-state index contributed by atoms with van der Waals surface area (Å²) in [6, 6.07) is 13.0. The van der Waals surface area contributed by atoms with E-state index in [0.717, 1.165) is 29.1 Å². The van der Waals surface area contributed by atoms with Crippen LogP contribution in [0, 0.1) is 0 Å². The van der Waals surface area contributed by atoms with Crippen molar-refractivity contribution in [3.05, 3.63) is 65.9 Å². The van der Waals surface area contributed by atoms with Crippen LogP contribution in [-0.2, 0) is 6.18 Å². The molecule has 1 amide bonds. The van der Waals surface area contributed by atoms with Crippen LogP contribution in [0.15, 0.2) is 54.7 Å². The molecule has 1 fully saturated rings. The van der Waals surface area contributed by atoms with Gasteiger partial charge in [-0.15, -0.1) is 0 Å². The number of ether oxygens (including phenoxy) is 2. The van der Waals surface area contributed by atoms with Gasteiger partial charge in [0, 0.05) is 25.2 Å². The Hall–Kier alpha value is -3.29. The number of benzene rings is 2. The maximum atomic E-state index is 13.4. The Morgan fingerprint density at radius 1 is 1.19 bits per heavy atom. The van der Waals surface area contributed by atoms with Gasteiger partial charge in [-0.25, -0.2) is 4.98 Å². The number of hydrogen-bond donors (Lipinski definition) is 0. The van der Waals surface area contributed by atoms with Crippen molar-refractivity contribution in [3.63, 3.8) is 0 Å². The molecule has 0 spiro atoms. The van der Waals surface area contributed by atoms with Crippen LogP contribution in [0.5, 0.6) is 11.6 Å². The fraction of sp³-hybridized carbons (Fsp3) is 0.304. The van der Waals surface area contributed by atoms with Crippen molar-refractivity contribution in [1.82, 2.24) is 9.88 Å². The number of fused-ring (bicyclic) bond motifs is 1. The van der Waals surface area contributed by atoms with Gasteiger partial charge in [-0.1, -0.05) is 30.3 Å². The Morgan fingerprint density at radius 2 is 2.00 bits per heavy atom. The number of amides is 1. The van der Waals surface area contributed by atoms with Crippen LogP contribution in [0.2, 0.25) is 0 Å². The lowest BCUT2D eigenvalue weighted by Crippen LogP contribution is -2.31. The van der Waals surface area contributed by atoms with Gasteiger partial charge in [0.1, 0.15) is 11.9 Å². The van der Waals surface area contributed by atoms with Crippen molar-refractivity contribution < 1.29 is 27.4 Å². The van der Waals surface area contributed by atoms with Crippen LogP contribution in [0.4, 0.5) is 13.2 Å². The summed E-state index contributed by atoms with van der Waals surface area (Å²) < 4.78 is 50.1. The smallest absolute Gasteiger partial charge is 0.416 e. The number of carbonyl (C=O) groups excluding carboxylic acids is 1. The third-order valence-corrected chi connectivity index (χ3v) is 5.19. The van der Waals surface area contributed by atoms with Crippen molar-refractivity contribution in [1.29, 1.82) is 0 Å². The molecular formula is C23H21F3N2O3. The third kappa shape index (κ3) is 4.42. The Bertz CT molecular complexity index is 1100. The topological polar surface area (TPSA) is 51.7 Å². The average molecular weight is 430 g/mol. The fourth-order valence-corrected chi connectivity index (χ4v) is 3.74. The Labute approximate surface area is 177 Å². The predicted molar refractivity (Wildman–Crippen MR) is 109 cm³/mol. The Morgan fingerprint density at radius 3 is 2.77 bits per heavy atom. The summed E-state index contributed by atoms with van der Waals surface area (Å²) in [5, 5.41) is 1.72. The molecule has 4 rings (SSSR count). The van der Waals surface area contributed by atoms with Gasteiger partial charge in [-0.2, -0.15) is 13.2 Å². The van der Waals surface area contributed by atoms with Crippen LogP contribution in [0.25, 0.3) is 10.8 Å². The number of halogens is 3. The summed E-state index contributed by atoms with van der Waals surface area (Å²) >= 11 is 0. The first kappa shape index (κ1) is 21.0. The van der Waals surface area contributed by atoms with Gasteiger partial charge >= 0.3 is 6.18 Å². The van der Waals surface area contributed by atoms with Gasteiger partial charge in [-0.05, 0) is 29.8 Å². The number of hydrogen-bond acceptors (Lipinski definition) is 4.